The smallest absolute Gasteiger partial charge is 0.251 e. The number of pyridine rings is 1. The number of likely N-dealkylation sites (tertiary alicyclic amines) is 1. The lowest BCUT2D eigenvalue weighted by Crippen LogP contribution is -2.33. The number of carbonyl (C=O) groups is 1. The molecule has 5 nitrogen and oxygen atoms in total. The molecule has 21 heavy (non-hydrogen) atoms. The van der Waals surface area contributed by atoms with E-state index in [0.717, 1.165) is 31.1 Å². The molecule has 0 aromatic carbocycles. The van der Waals surface area contributed by atoms with Crippen molar-refractivity contribution in [3.05, 3.63) is 23.4 Å². The van der Waals surface area contributed by atoms with E-state index in [1.807, 2.05) is 13.1 Å². The highest BCUT2D eigenvalue weighted by Crippen LogP contribution is 2.17. The molecule has 1 fully saturated rings. The van der Waals surface area contributed by atoms with Crippen molar-refractivity contribution >= 4 is 11.7 Å². The lowest BCUT2D eigenvalue weighted by molar-refractivity contribution is 0.0949. The molecular formula is C16H26N4O. The first-order valence-corrected chi connectivity index (χ1v) is 7.80. The van der Waals surface area contributed by atoms with Gasteiger partial charge in [-0.1, -0.05) is 13.8 Å². The highest BCUT2D eigenvalue weighted by Gasteiger charge is 2.13. The van der Waals surface area contributed by atoms with Crippen LogP contribution in [0.1, 0.15) is 48.7 Å². The lowest BCUT2D eigenvalue weighted by Gasteiger charge is -2.15. The van der Waals surface area contributed by atoms with E-state index < -0.39 is 0 Å². The van der Waals surface area contributed by atoms with Gasteiger partial charge in [-0.15, -0.1) is 0 Å². The molecular weight excluding hydrogens is 264 g/mol. The second-order valence-electron chi connectivity index (χ2n) is 5.88. The Morgan fingerprint density at radius 2 is 2.05 bits per heavy atom. The molecule has 0 spiro atoms. The van der Waals surface area contributed by atoms with Crippen LogP contribution in [0.4, 0.5) is 5.82 Å². The fourth-order valence-corrected chi connectivity index (χ4v) is 2.54. The molecule has 0 saturated carbocycles. The van der Waals surface area contributed by atoms with Crippen LogP contribution in [0.15, 0.2) is 12.1 Å². The van der Waals surface area contributed by atoms with Gasteiger partial charge < -0.3 is 15.5 Å². The van der Waals surface area contributed by atoms with Gasteiger partial charge in [0.15, 0.2) is 0 Å². The van der Waals surface area contributed by atoms with Gasteiger partial charge in [0, 0.05) is 31.4 Å². The van der Waals surface area contributed by atoms with Gasteiger partial charge in [-0.05, 0) is 44.0 Å². The van der Waals surface area contributed by atoms with Crippen LogP contribution in [-0.4, -0.2) is 49.0 Å². The summed E-state index contributed by atoms with van der Waals surface area (Å²) in [4.78, 5) is 19.1. The Morgan fingerprint density at radius 3 is 2.67 bits per heavy atom. The average molecular weight is 290 g/mol. The molecule has 2 heterocycles. The monoisotopic (exact) mass is 290 g/mol. The molecule has 1 aromatic heterocycles. The number of carbonyl (C=O) groups excluding carboxylic acids is 1. The fourth-order valence-electron chi connectivity index (χ4n) is 2.54. The van der Waals surface area contributed by atoms with Gasteiger partial charge in [0.25, 0.3) is 5.91 Å². The first-order chi connectivity index (χ1) is 10.1. The molecule has 2 N–H and O–H groups in total. The van der Waals surface area contributed by atoms with Crippen LogP contribution in [0.25, 0.3) is 0 Å². The predicted octanol–water partition coefficient (Wildman–Crippen LogP) is 2.07. The Labute approximate surface area is 127 Å². The molecule has 1 amide bonds. The van der Waals surface area contributed by atoms with Gasteiger partial charge in [-0.25, -0.2) is 4.98 Å². The Kier molecular flexibility index (Phi) is 5.56. The van der Waals surface area contributed by atoms with Gasteiger partial charge in [0.2, 0.25) is 0 Å². The summed E-state index contributed by atoms with van der Waals surface area (Å²) >= 11 is 0. The normalized spacial score (nSPS) is 15.4. The second-order valence-corrected chi connectivity index (χ2v) is 5.88. The SMILES string of the molecule is CNc1cc(C(=O)NCCN2CCCC2)cc(C(C)C)n1. The zero-order valence-corrected chi connectivity index (χ0v) is 13.3. The zero-order chi connectivity index (χ0) is 15.2. The van der Waals surface area contributed by atoms with Crippen molar-refractivity contribution in [1.29, 1.82) is 0 Å². The van der Waals surface area contributed by atoms with Crippen molar-refractivity contribution in [3.8, 4) is 0 Å². The van der Waals surface area contributed by atoms with E-state index in [4.69, 9.17) is 0 Å². The Morgan fingerprint density at radius 1 is 1.33 bits per heavy atom. The largest absolute Gasteiger partial charge is 0.373 e. The summed E-state index contributed by atoms with van der Waals surface area (Å²) < 4.78 is 0. The Balaban J connectivity index is 1.95. The van der Waals surface area contributed by atoms with Gasteiger partial charge in [-0.3, -0.25) is 4.79 Å². The number of nitrogens with zero attached hydrogens (tertiary/aromatic N) is 2. The molecule has 0 aliphatic carbocycles. The van der Waals surface area contributed by atoms with Crippen LogP contribution in [0.2, 0.25) is 0 Å². The lowest BCUT2D eigenvalue weighted by atomic mass is 10.1. The number of hydrogen-bond acceptors (Lipinski definition) is 4. The van der Waals surface area contributed by atoms with Crippen LogP contribution in [0, 0.1) is 0 Å². The Hall–Kier alpha value is -1.62. The summed E-state index contributed by atoms with van der Waals surface area (Å²) in [6.45, 7) is 8.12. The topological polar surface area (TPSA) is 57.3 Å². The van der Waals surface area contributed by atoms with Crippen molar-refractivity contribution in [3.63, 3.8) is 0 Å². The van der Waals surface area contributed by atoms with Crippen LogP contribution in [-0.2, 0) is 0 Å². The van der Waals surface area contributed by atoms with Crippen LogP contribution in [0.3, 0.4) is 0 Å². The predicted molar refractivity (Wildman–Crippen MR) is 85.9 cm³/mol. The van der Waals surface area contributed by atoms with Gasteiger partial charge in [-0.2, -0.15) is 0 Å². The minimum atomic E-state index is -0.0185. The Bertz CT molecular complexity index is 481. The molecule has 1 aromatic rings. The van der Waals surface area contributed by atoms with Crippen molar-refractivity contribution in [1.82, 2.24) is 15.2 Å². The first-order valence-electron chi connectivity index (χ1n) is 7.80. The summed E-state index contributed by atoms with van der Waals surface area (Å²) in [5, 5.41) is 6.03. The van der Waals surface area contributed by atoms with E-state index in [9.17, 15) is 4.79 Å². The molecule has 5 heteroatoms. The summed E-state index contributed by atoms with van der Waals surface area (Å²) in [6, 6.07) is 3.69. The van der Waals surface area contributed by atoms with E-state index in [1.165, 1.54) is 12.8 Å². The van der Waals surface area contributed by atoms with Crippen LogP contribution >= 0.6 is 0 Å². The van der Waals surface area contributed by atoms with Crippen LogP contribution < -0.4 is 10.6 Å². The first kappa shape index (κ1) is 15.8. The molecule has 0 unspecified atom stereocenters. The van der Waals surface area contributed by atoms with E-state index in [0.29, 0.717) is 18.0 Å². The summed E-state index contributed by atoms with van der Waals surface area (Å²) in [5.74, 6) is 1.02. The van der Waals surface area contributed by atoms with E-state index in [2.05, 4.69) is 34.4 Å². The molecule has 1 aliphatic rings. The highest BCUT2D eigenvalue weighted by atomic mass is 16.1. The molecule has 1 saturated heterocycles. The van der Waals surface area contributed by atoms with Crippen molar-refractivity contribution < 1.29 is 4.79 Å². The van der Waals surface area contributed by atoms with Gasteiger partial charge in [0.05, 0.1) is 0 Å². The molecule has 0 radical (unpaired) electrons. The van der Waals surface area contributed by atoms with Crippen molar-refractivity contribution in [2.24, 2.45) is 0 Å². The molecule has 116 valence electrons. The summed E-state index contributed by atoms with van der Waals surface area (Å²) in [6.07, 6.45) is 2.56. The minimum Gasteiger partial charge on any atom is -0.373 e. The van der Waals surface area contributed by atoms with E-state index in [-0.39, 0.29) is 5.91 Å². The number of nitrogens with one attached hydrogen (secondary N) is 2. The second kappa shape index (κ2) is 7.41. The standard InChI is InChI=1S/C16H26N4O/c1-12(2)14-10-13(11-15(17-3)19-14)16(21)18-6-9-20-7-4-5-8-20/h10-12H,4-9H2,1-3H3,(H,17,19)(H,18,21). The van der Waals surface area contributed by atoms with Crippen LogP contribution in [0.5, 0.6) is 0 Å². The molecule has 0 atom stereocenters. The molecule has 1 aliphatic heterocycles. The third-order valence-corrected chi connectivity index (χ3v) is 3.87. The van der Waals surface area contributed by atoms with Crippen molar-refractivity contribution in [2.75, 3.05) is 38.5 Å². The third kappa shape index (κ3) is 4.43. The maximum Gasteiger partial charge on any atom is 0.251 e. The third-order valence-electron chi connectivity index (χ3n) is 3.87. The highest BCUT2D eigenvalue weighted by molar-refractivity contribution is 5.95. The van der Waals surface area contributed by atoms with E-state index in [1.54, 1.807) is 6.07 Å². The number of aromatic nitrogens is 1. The zero-order valence-electron chi connectivity index (χ0n) is 13.3. The average Bonchev–Trinajstić information content (AvgIpc) is 2.99. The fraction of sp³-hybridized carbons (Fsp3) is 0.625. The number of hydrogen-bond donors (Lipinski definition) is 2. The van der Waals surface area contributed by atoms with Gasteiger partial charge >= 0.3 is 0 Å². The molecule has 0 bridgehead atoms. The summed E-state index contributed by atoms with van der Waals surface area (Å²) in [5.41, 5.74) is 1.62. The quantitative estimate of drug-likeness (QED) is 0.842. The molecule has 2 rings (SSSR count). The maximum absolute atomic E-state index is 12.3. The minimum absolute atomic E-state index is 0.0185. The number of anilines is 1. The maximum atomic E-state index is 12.3. The van der Waals surface area contributed by atoms with Gasteiger partial charge in [0.1, 0.15) is 5.82 Å². The number of rotatable bonds is 6. The van der Waals surface area contributed by atoms with E-state index >= 15 is 0 Å². The van der Waals surface area contributed by atoms with Crippen molar-refractivity contribution in [2.45, 2.75) is 32.6 Å². The number of amides is 1. The summed E-state index contributed by atoms with van der Waals surface area (Å²) in [7, 11) is 1.82.